The van der Waals surface area contributed by atoms with Crippen LogP contribution in [0.2, 0.25) is 0 Å². The van der Waals surface area contributed by atoms with E-state index in [1.165, 1.54) is 32.1 Å². The van der Waals surface area contributed by atoms with Crippen LogP contribution in [-0.4, -0.2) is 0 Å². The van der Waals surface area contributed by atoms with Crippen molar-refractivity contribution < 1.29 is 0 Å². The Kier molecular flexibility index (Phi) is 6.81. The summed E-state index contributed by atoms with van der Waals surface area (Å²) < 4.78 is 0. The van der Waals surface area contributed by atoms with Gasteiger partial charge >= 0.3 is 0 Å². The summed E-state index contributed by atoms with van der Waals surface area (Å²) in [4.78, 5) is 0. The lowest BCUT2D eigenvalue weighted by molar-refractivity contribution is 0.0878. The van der Waals surface area contributed by atoms with Gasteiger partial charge in [-0.15, -0.1) is 0 Å². The number of hydrogen-bond donors (Lipinski definition) is 0. The van der Waals surface area contributed by atoms with E-state index >= 15 is 0 Å². The minimum absolute atomic E-state index is 0.465. The van der Waals surface area contributed by atoms with Gasteiger partial charge in [0.25, 0.3) is 0 Å². The fourth-order valence-corrected chi connectivity index (χ4v) is 3.26. The smallest absolute Gasteiger partial charge is 0.0321 e. The Morgan fingerprint density at radius 1 is 0.941 bits per heavy atom. The second-order valence-electron chi connectivity index (χ2n) is 7.61. The Morgan fingerprint density at radius 3 is 1.88 bits per heavy atom. The average molecular weight is 240 g/mol. The normalized spacial score (nSPS) is 16.9. The average Bonchev–Trinajstić information content (AvgIpc) is 2.22. The van der Waals surface area contributed by atoms with Crippen LogP contribution in [0.15, 0.2) is 0 Å². The van der Waals surface area contributed by atoms with Gasteiger partial charge in [0, 0.05) is 0 Å². The molecule has 2 atom stereocenters. The fourth-order valence-electron chi connectivity index (χ4n) is 3.26. The molecule has 0 spiro atoms. The van der Waals surface area contributed by atoms with Gasteiger partial charge in [0.05, 0.1) is 0 Å². The summed E-state index contributed by atoms with van der Waals surface area (Å²) in [5, 5.41) is 0. The van der Waals surface area contributed by atoms with Gasteiger partial charge in [0.1, 0.15) is 0 Å². The molecule has 0 saturated carbocycles. The lowest BCUT2D eigenvalue weighted by Crippen LogP contribution is -2.32. The van der Waals surface area contributed by atoms with Crippen molar-refractivity contribution >= 4 is 0 Å². The van der Waals surface area contributed by atoms with E-state index in [-0.39, 0.29) is 0 Å². The molecule has 17 heavy (non-hydrogen) atoms. The highest BCUT2D eigenvalue weighted by Gasteiger charge is 2.34. The zero-order valence-electron chi connectivity index (χ0n) is 13.7. The Labute approximate surface area is 111 Å². The Bertz CT molecular complexity index is 200. The zero-order valence-corrected chi connectivity index (χ0v) is 13.7. The van der Waals surface area contributed by atoms with Crippen molar-refractivity contribution in [3.63, 3.8) is 0 Å². The minimum Gasteiger partial charge on any atom is -0.0654 e. The van der Waals surface area contributed by atoms with Crippen LogP contribution in [0.5, 0.6) is 0 Å². The lowest BCUT2D eigenvalue weighted by atomic mass is 9.64. The van der Waals surface area contributed by atoms with Crippen LogP contribution in [0, 0.1) is 22.7 Å². The zero-order chi connectivity index (χ0) is 13.7. The number of hydrogen-bond acceptors (Lipinski definition) is 0. The molecule has 0 radical (unpaired) electrons. The molecule has 0 aliphatic heterocycles. The van der Waals surface area contributed by atoms with E-state index in [9.17, 15) is 0 Å². The molecule has 0 amide bonds. The monoisotopic (exact) mass is 240 g/mol. The second kappa shape index (κ2) is 6.81. The Balaban J connectivity index is 4.50. The van der Waals surface area contributed by atoms with E-state index < -0.39 is 0 Å². The van der Waals surface area contributed by atoms with E-state index in [4.69, 9.17) is 0 Å². The highest BCUT2D eigenvalue weighted by atomic mass is 14.4. The van der Waals surface area contributed by atoms with Gasteiger partial charge < -0.3 is 0 Å². The molecule has 0 heterocycles. The summed E-state index contributed by atoms with van der Waals surface area (Å²) in [6.45, 7) is 19.3. The second-order valence-corrected chi connectivity index (χ2v) is 7.61. The quantitative estimate of drug-likeness (QED) is 0.467. The molecule has 0 rings (SSSR count). The maximum absolute atomic E-state index is 2.47. The maximum atomic E-state index is 2.47. The highest BCUT2D eigenvalue weighted by Crippen LogP contribution is 2.44. The molecule has 0 aromatic heterocycles. The first kappa shape index (κ1) is 17.0. The molecular formula is C17H36. The summed E-state index contributed by atoms with van der Waals surface area (Å²) in [5.74, 6) is 1.65. The van der Waals surface area contributed by atoms with Crippen molar-refractivity contribution in [2.45, 2.75) is 87.5 Å². The van der Waals surface area contributed by atoms with Gasteiger partial charge in [-0.3, -0.25) is 0 Å². The summed E-state index contributed by atoms with van der Waals surface area (Å²) in [6, 6.07) is 0. The molecule has 0 aromatic rings. The third kappa shape index (κ3) is 5.93. The molecule has 2 unspecified atom stereocenters. The van der Waals surface area contributed by atoms with Crippen molar-refractivity contribution in [2.75, 3.05) is 0 Å². The first-order valence-electron chi connectivity index (χ1n) is 7.66. The van der Waals surface area contributed by atoms with E-state index in [0.29, 0.717) is 10.8 Å². The van der Waals surface area contributed by atoms with E-state index in [1.54, 1.807) is 0 Å². The standard InChI is InChI=1S/C17H36/c1-9-11-12-16(5,6)13-17(7,8)15(4)14(3)10-2/h14-15H,9-13H2,1-8H3. The van der Waals surface area contributed by atoms with Crippen LogP contribution < -0.4 is 0 Å². The highest BCUT2D eigenvalue weighted by molar-refractivity contribution is 4.84. The van der Waals surface area contributed by atoms with Gasteiger partial charge in [-0.25, -0.2) is 0 Å². The van der Waals surface area contributed by atoms with Crippen LogP contribution >= 0.6 is 0 Å². The summed E-state index contributed by atoms with van der Waals surface area (Å²) in [5.41, 5.74) is 0.966. The van der Waals surface area contributed by atoms with Crippen molar-refractivity contribution in [1.82, 2.24) is 0 Å². The van der Waals surface area contributed by atoms with Crippen molar-refractivity contribution in [3.05, 3.63) is 0 Å². The predicted octanol–water partition coefficient (Wildman–Crippen LogP) is 6.30. The molecule has 0 heteroatoms. The molecule has 0 aliphatic rings. The van der Waals surface area contributed by atoms with E-state index in [2.05, 4.69) is 55.4 Å². The largest absolute Gasteiger partial charge is 0.0654 e. The van der Waals surface area contributed by atoms with Crippen LogP contribution in [0.3, 0.4) is 0 Å². The minimum atomic E-state index is 0.465. The topological polar surface area (TPSA) is 0 Å². The Morgan fingerprint density at radius 2 is 1.47 bits per heavy atom. The third-order valence-corrected chi connectivity index (χ3v) is 4.87. The van der Waals surface area contributed by atoms with Gasteiger partial charge in [-0.2, -0.15) is 0 Å². The SMILES string of the molecule is CCCCC(C)(C)CC(C)(C)C(C)C(C)CC. The molecule has 0 saturated heterocycles. The molecule has 0 aromatic carbocycles. The first-order valence-corrected chi connectivity index (χ1v) is 7.66. The van der Waals surface area contributed by atoms with Gasteiger partial charge in [0.2, 0.25) is 0 Å². The molecule has 104 valence electrons. The lowest BCUT2D eigenvalue weighted by Gasteiger charge is -2.41. The Hall–Kier alpha value is 0. The van der Waals surface area contributed by atoms with Crippen molar-refractivity contribution in [3.8, 4) is 0 Å². The van der Waals surface area contributed by atoms with Crippen molar-refractivity contribution in [1.29, 1.82) is 0 Å². The van der Waals surface area contributed by atoms with Crippen LogP contribution in [0.1, 0.15) is 87.5 Å². The van der Waals surface area contributed by atoms with Crippen molar-refractivity contribution in [2.24, 2.45) is 22.7 Å². The van der Waals surface area contributed by atoms with E-state index in [1.807, 2.05) is 0 Å². The summed E-state index contributed by atoms with van der Waals surface area (Å²) in [6.07, 6.45) is 6.73. The number of rotatable bonds is 8. The predicted molar refractivity (Wildman–Crippen MR) is 80.3 cm³/mol. The van der Waals surface area contributed by atoms with Crippen LogP contribution in [0.25, 0.3) is 0 Å². The molecular weight excluding hydrogens is 204 g/mol. The van der Waals surface area contributed by atoms with E-state index in [0.717, 1.165) is 11.8 Å². The summed E-state index contributed by atoms with van der Waals surface area (Å²) >= 11 is 0. The molecule has 0 bridgehead atoms. The van der Waals surface area contributed by atoms with Gasteiger partial charge in [0.15, 0.2) is 0 Å². The first-order chi connectivity index (χ1) is 7.66. The third-order valence-electron chi connectivity index (χ3n) is 4.87. The molecule has 0 fully saturated rings. The van der Waals surface area contributed by atoms with Crippen LogP contribution in [0.4, 0.5) is 0 Å². The van der Waals surface area contributed by atoms with Gasteiger partial charge in [-0.1, -0.05) is 74.7 Å². The van der Waals surface area contributed by atoms with Crippen LogP contribution in [-0.2, 0) is 0 Å². The molecule has 0 N–H and O–H groups in total. The maximum Gasteiger partial charge on any atom is -0.0321 e. The molecule has 0 nitrogen and oxygen atoms in total. The molecule has 0 aliphatic carbocycles. The fraction of sp³-hybridized carbons (Fsp3) is 1.00. The van der Waals surface area contributed by atoms with Gasteiger partial charge in [-0.05, 0) is 35.5 Å². The number of unbranched alkanes of at least 4 members (excludes halogenated alkanes) is 1. The summed E-state index contributed by atoms with van der Waals surface area (Å²) in [7, 11) is 0.